The normalized spacial score (nSPS) is 12.4. The lowest BCUT2D eigenvalue weighted by Crippen LogP contribution is -2.08. The molecule has 0 bridgehead atoms. The van der Waals surface area contributed by atoms with Crippen LogP contribution in [0.15, 0.2) is 48.8 Å². The molecule has 0 saturated heterocycles. The standard InChI is InChI=1S/C14H14ClNO/c1-17-10-14(12-6-8-16-9-7-12)11-2-4-13(15)5-3-11/h2-9,14H,10H2,1H3. The van der Waals surface area contributed by atoms with Gasteiger partial charge < -0.3 is 4.74 Å². The molecule has 2 rings (SSSR count). The fraction of sp³-hybridized carbons (Fsp3) is 0.214. The van der Waals surface area contributed by atoms with E-state index in [1.807, 2.05) is 36.4 Å². The first-order valence-electron chi connectivity index (χ1n) is 5.45. The average Bonchev–Trinajstić information content (AvgIpc) is 2.38. The molecule has 0 amide bonds. The SMILES string of the molecule is COCC(c1ccncc1)c1ccc(Cl)cc1. The summed E-state index contributed by atoms with van der Waals surface area (Å²) in [5.74, 6) is 0.222. The summed E-state index contributed by atoms with van der Waals surface area (Å²) in [5.41, 5.74) is 2.40. The number of methoxy groups -OCH3 is 1. The number of hydrogen-bond donors (Lipinski definition) is 0. The Morgan fingerprint density at radius 3 is 2.24 bits per heavy atom. The molecule has 0 aliphatic rings. The quantitative estimate of drug-likeness (QED) is 0.825. The van der Waals surface area contributed by atoms with Gasteiger partial charge in [0.15, 0.2) is 0 Å². The zero-order chi connectivity index (χ0) is 12.1. The highest BCUT2D eigenvalue weighted by Crippen LogP contribution is 2.25. The second-order valence-electron chi connectivity index (χ2n) is 3.84. The topological polar surface area (TPSA) is 22.1 Å². The minimum Gasteiger partial charge on any atom is -0.384 e. The molecule has 0 fully saturated rings. The summed E-state index contributed by atoms with van der Waals surface area (Å²) in [6, 6.07) is 11.9. The zero-order valence-corrected chi connectivity index (χ0v) is 10.4. The molecule has 3 heteroatoms. The first kappa shape index (κ1) is 12.1. The third kappa shape index (κ3) is 3.05. The minimum absolute atomic E-state index is 0.222. The van der Waals surface area contributed by atoms with Crippen molar-refractivity contribution in [3.05, 3.63) is 64.9 Å². The van der Waals surface area contributed by atoms with Gasteiger partial charge in [-0.3, -0.25) is 4.98 Å². The molecule has 1 aromatic carbocycles. The van der Waals surface area contributed by atoms with E-state index >= 15 is 0 Å². The van der Waals surface area contributed by atoms with Crippen molar-refractivity contribution in [3.8, 4) is 0 Å². The number of benzene rings is 1. The largest absolute Gasteiger partial charge is 0.384 e. The van der Waals surface area contributed by atoms with Crippen LogP contribution in [-0.2, 0) is 4.74 Å². The second-order valence-corrected chi connectivity index (χ2v) is 4.28. The van der Waals surface area contributed by atoms with Gasteiger partial charge in [-0.25, -0.2) is 0 Å². The highest BCUT2D eigenvalue weighted by atomic mass is 35.5. The van der Waals surface area contributed by atoms with Gasteiger partial charge in [0.25, 0.3) is 0 Å². The lowest BCUT2D eigenvalue weighted by Gasteiger charge is -2.16. The van der Waals surface area contributed by atoms with Crippen LogP contribution in [0, 0.1) is 0 Å². The molecular weight excluding hydrogens is 234 g/mol. The summed E-state index contributed by atoms with van der Waals surface area (Å²) in [6.45, 7) is 0.644. The Balaban J connectivity index is 2.32. The first-order chi connectivity index (χ1) is 8.31. The van der Waals surface area contributed by atoms with Crippen molar-refractivity contribution in [2.45, 2.75) is 5.92 Å². The Morgan fingerprint density at radius 1 is 1.06 bits per heavy atom. The summed E-state index contributed by atoms with van der Waals surface area (Å²) in [7, 11) is 1.71. The molecule has 0 aliphatic heterocycles. The number of nitrogens with zero attached hydrogens (tertiary/aromatic N) is 1. The average molecular weight is 248 g/mol. The fourth-order valence-electron chi connectivity index (χ4n) is 1.84. The molecule has 2 nitrogen and oxygen atoms in total. The van der Waals surface area contributed by atoms with Gasteiger partial charge in [-0.2, -0.15) is 0 Å². The minimum atomic E-state index is 0.222. The maximum absolute atomic E-state index is 5.90. The molecule has 0 spiro atoms. The molecular formula is C14H14ClNO. The van der Waals surface area contributed by atoms with Crippen molar-refractivity contribution in [1.29, 1.82) is 0 Å². The van der Waals surface area contributed by atoms with E-state index in [-0.39, 0.29) is 5.92 Å². The Bertz CT molecular complexity index is 455. The molecule has 2 aromatic rings. The van der Waals surface area contributed by atoms with E-state index in [1.54, 1.807) is 19.5 Å². The van der Waals surface area contributed by atoms with Crippen molar-refractivity contribution in [1.82, 2.24) is 4.98 Å². The van der Waals surface area contributed by atoms with Gasteiger partial charge in [0.05, 0.1) is 6.61 Å². The van der Waals surface area contributed by atoms with Crippen LogP contribution in [-0.4, -0.2) is 18.7 Å². The Hall–Kier alpha value is -1.38. The molecule has 0 saturated carbocycles. The molecule has 1 unspecified atom stereocenters. The third-order valence-corrected chi connectivity index (χ3v) is 2.97. The molecule has 1 atom stereocenters. The van der Waals surface area contributed by atoms with E-state index in [0.29, 0.717) is 6.61 Å². The lowest BCUT2D eigenvalue weighted by atomic mass is 9.93. The Morgan fingerprint density at radius 2 is 1.65 bits per heavy atom. The van der Waals surface area contributed by atoms with E-state index in [4.69, 9.17) is 16.3 Å². The van der Waals surface area contributed by atoms with Crippen molar-refractivity contribution in [3.63, 3.8) is 0 Å². The van der Waals surface area contributed by atoms with Crippen LogP contribution in [0.4, 0.5) is 0 Å². The van der Waals surface area contributed by atoms with Gasteiger partial charge in [-0.1, -0.05) is 23.7 Å². The summed E-state index contributed by atoms with van der Waals surface area (Å²) in [5, 5.41) is 0.750. The van der Waals surface area contributed by atoms with Gasteiger partial charge in [-0.15, -0.1) is 0 Å². The van der Waals surface area contributed by atoms with Crippen LogP contribution in [0.25, 0.3) is 0 Å². The van der Waals surface area contributed by atoms with Crippen LogP contribution in [0.3, 0.4) is 0 Å². The molecule has 0 radical (unpaired) electrons. The van der Waals surface area contributed by atoms with Crippen LogP contribution in [0.2, 0.25) is 5.02 Å². The van der Waals surface area contributed by atoms with Crippen LogP contribution in [0.5, 0.6) is 0 Å². The third-order valence-electron chi connectivity index (χ3n) is 2.71. The molecule has 0 aliphatic carbocycles. The maximum Gasteiger partial charge on any atom is 0.0571 e. The summed E-state index contributed by atoms with van der Waals surface area (Å²) in [6.07, 6.45) is 3.60. The molecule has 1 aromatic heterocycles. The van der Waals surface area contributed by atoms with E-state index < -0.39 is 0 Å². The number of aromatic nitrogens is 1. The van der Waals surface area contributed by atoms with Gasteiger partial charge in [-0.05, 0) is 35.4 Å². The van der Waals surface area contributed by atoms with Gasteiger partial charge in [0.1, 0.15) is 0 Å². The van der Waals surface area contributed by atoms with E-state index in [1.165, 1.54) is 11.1 Å². The molecule has 1 heterocycles. The van der Waals surface area contributed by atoms with Gasteiger partial charge in [0, 0.05) is 30.4 Å². The lowest BCUT2D eigenvalue weighted by molar-refractivity contribution is 0.189. The predicted molar refractivity (Wildman–Crippen MR) is 69.4 cm³/mol. The Labute approximate surface area is 106 Å². The number of ether oxygens (including phenoxy) is 1. The van der Waals surface area contributed by atoms with Crippen LogP contribution < -0.4 is 0 Å². The number of halogens is 1. The highest BCUT2D eigenvalue weighted by molar-refractivity contribution is 6.30. The smallest absolute Gasteiger partial charge is 0.0571 e. The number of hydrogen-bond acceptors (Lipinski definition) is 2. The number of pyridine rings is 1. The monoisotopic (exact) mass is 247 g/mol. The molecule has 0 N–H and O–H groups in total. The molecule has 88 valence electrons. The first-order valence-corrected chi connectivity index (χ1v) is 5.83. The summed E-state index contributed by atoms with van der Waals surface area (Å²) >= 11 is 5.90. The predicted octanol–water partition coefficient (Wildman–Crippen LogP) is 3.51. The van der Waals surface area contributed by atoms with Crippen molar-refractivity contribution in [2.75, 3.05) is 13.7 Å². The number of rotatable bonds is 4. The summed E-state index contributed by atoms with van der Waals surface area (Å²) < 4.78 is 5.29. The fourth-order valence-corrected chi connectivity index (χ4v) is 1.97. The van der Waals surface area contributed by atoms with Crippen molar-refractivity contribution in [2.24, 2.45) is 0 Å². The van der Waals surface area contributed by atoms with E-state index in [9.17, 15) is 0 Å². The van der Waals surface area contributed by atoms with Crippen molar-refractivity contribution >= 4 is 11.6 Å². The van der Waals surface area contributed by atoms with Crippen molar-refractivity contribution < 1.29 is 4.74 Å². The van der Waals surface area contributed by atoms with Gasteiger partial charge >= 0.3 is 0 Å². The van der Waals surface area contributed by atoms with E-state index in [0.717, 1.165) is 5.02 Å². The molecule has 17 heavy (non-hydrogen) atoms. The summed E-state index contributed by atoms with van der Waals surface area (Å²) in [4.78, 5) is 4.03. The van der Waals surface area contributed by atoms with E-state index in [2.05, 4.69) is 4.98 Å². The zero-order valence-electron chi connectivity index (χ0n) is 9.64. The highest BCUT2D eigenvalue weighted by Gasteiger charge is 2.13. The van der Waals surface area contributed by atoms with Crippen LogP contribution >= 0.6 is 11.6 Å². The maximum atomic E-state index is 5.90. The van der Waals surface area contributed by atoms with Crippen LogP contribution in [0.1, 0.15) is 17.0 Å². The van der Waals surface area contributed by atoms with Gasteiger partial charge in [0.2, 0.25) is 0 Å². The second kappa shape index (κ2) is 5.80. The Kier molecular flexibility index (Phi) is 4.13.